The monoisotopic (exact) mass is 250 g/mol. The molecule has 18 heavy (non-hydrogen) atoms. The van der Waals surface area contributed by atoms with E-state index < -0.39 is 0 Å². The standard InChI is InChI=1S/C14H22N2O2/c1-10-7-13(11(2)15-10)14(17)9-16(3)8-12-5-4-6-18-12/h7,12,15H,4-6,8-9H2,1-3H3. The van der Waals surface area contributed by atoms with E-state index in [1.54, 1.807) is 0 Å². The van der Waals surface area contributed by atoms with Crippen LogP contribution in [0.1, 0.15) is 34.6 Å². The number of hydrogen-bond acceptors (Lipinski definition) is 3. The zero-order chi connectivity index (χ0) is 13.1. The molecule has 1 fully saturated rings. The van der Waals surface area contributed by atoms with Gasteiger partial charge in [-0.2, -0.15) is 0 Å². The number of aryl methyl sites for hydroxylation is 2. The molecule has 1 aromatic rings. The summed E-state index contributed by atoms with van der Waals surface area (Å²) in [6.07, 6.45) is 2.56. The number of aromatic nitrogens is 1. The SMILES string of the molecule is Cc1cc(C(=O)CN(C)CC2CCCO2)c(C)[nH]1. The highest BCUT2D eigenvalue weighted by Crippen LogP contribution is 2.14. The Morgan fingerprint density at radius 3 is 2.89 bits per heavy atom. The fraction of sp³-hybridized carbons (Fsp3) is 0.643. The summed E-state index contributed by atoms with van der Waals surface area (Å²) in [4.78, 5) is 17.4. The van der Waals surface area contributed by atoms with Crippen LogP contribution in [0.25, 0.3) is 0 Å². The Kier molecular flexibility index (Phi) is 4.19. The first-order valence-electron chi connectivity index (χ1n) is 6.56. The Morgan fingerprint density at radius 1 is 1.56 bits per heavy atom. The van der Waals surface area contributed by atoms with Crippen molar-refractivity contribution in [3.8, 4) is 0 Å². The van der Waals surface area contributed by atoms with Gasteiger partial charge in [-0.25, -0.2) is 0 Å². The highest BCUT2D eigenvalue weighted by Gasteiger charge is 2.19. The normalized spacial score (nSPS) is 19.7. The molecule has 1 unspecified atom stereocenters. The molecule has 0 spiro atoms. The third kappa shape index (κ3) is 3.21. The van der Waals surface area contributed by atoms with Crippen molar-refractivity contribution in [3.63, 3.8) is 0 Å². The number of ketones is 1. The van der Waals surface area contributed by atoms with E-state index in [2.05, 4.69) is 9.88 Å². The van der Waals surface area contributed by atoms with Crippen LogP contribution in [0.15, 0.2) is 6.07 Å². The van der Waals surface area contributed by atoms with Gasteiger partial charge in [-0.05, 0) is 39.8 Å². The van der Waals surface area contributed by atoms with Crippen molar-refractivity contribution in [1.82, 2.24) is 9.88 Å². The minimum absolute atomic E-state index is 0.178. The predicted molar refractivity (Wildman–Crippen MR) is 71.1 cm³/mol. The average molecular weight is 250 g/mol. The van der Waals surface area contributed by atoms with Crippen LogP contribution in [0.3, 0.4) is 0 Å². The number of rotatable bonds is 5. The molecule has 1 aromatic heterocycles. The van der Waals surface area contributed by atoms with Crippen molar-refractivity contribution >= 4 is 5.78 Å². The van der Waals surface area contributed by atoms with E-state index >= 15 is 0 Å². The van der Waals surface area contributed by atoms with Crippen LogP contribution in [0, 0.1) is 13.8 Å². The third-order valence-corrected chi connectivity index (χ3v) is 3.40. The van der Waals surface area contributed by atoms with Gasteiger partial charge in [-0.1, -0.05) is 0 Å². The smallest absolute Gasteiger partial charge is 0.178 e. The molecule has 2 heterocycles. The van der Waals surface area contributed by atoms with E-state index in [0.717, 1.165) is 42.9 Å². The Bertz CT molecular complexity index is 419. The summed E-state index contributed by atoms with van der Waals surface area (Å²) < 4.78 is 5.58. The lowest BCUT2D eigenvalue weighted by atomic mass is 10.1. The molecule has 2 rings (SSSR count). The summed E-state index contributed by atoms with van der Waals surface area (Å²) in [5.41, 5.74) is 2.81. The van der Waals surface area contributed by atoms with Gasteiger partial charge < -0.3 is 9.72 Å². The van der Waals surface area contributed by atoms with E-state index in [0.29, 0.717) is 12.6 Å². The van der Waals surface area contributed by atoms with Gasteiger partial charge >= 0.3 is 0 Å². The predicted octanol–water partition coefficient (Wildman–Crippen LogP) is 1.93. The molecule has 1 aliphatic rings. The second kappa shape index (κ2) is 5.67. The van der Waals surface area contributed by atoms with Crippen LogP contribution >= 0.6 is 0 Å². The molecule has 4 nitrogen and oxygen atoms in total. The molecule has 1 saturated heterocycles. The fourth-order valence-electron chi connectivity index (χ4n) is 2.54. The van der Waals surface area contributed by atoms with E-state index in [1.165, 1.54) is 0 Å². The first kappa shape index (κ1) is 13.3. The molecule has 4 heteroatoms. The highest BCUT2D eigenvalue weighted by molar-refractivity contribution is 5.98. The van der Waals surface area contributed by atoms with Crippen molar-refractivity contribution < 1.29 is 9.53 Å². The molecule has 1 atom stereocenters. The molecule has 1 N–H and O–H groups in total. The number of likely N-dealkylation sites (N-methyl/N-ethyl adjacent to an activating group) is 1. The first-order chi connectivity index (χ1) is 8.56. The average Bonchev–Trinajstić information content (AvgIpc) is 2.88. The van der Waals surface area contributed by atoms with Gasteiger partial charge in [0.05, 0.1) is 12.6 Å². The van der Waals surface area contributed by atoms with Crippen LogP contribution in [0.2, 0.25) is 0 Å². The lowest BCUT2D eigenvalue weighted by Gasteiger charge is -2.19. The second-order valence-corrected chi connectivity index (χ2v) is 5.25. The molecular weight excluding hydrogens is 228 g/mol. The molecule has 100 valence electrons. The van der Waals surface area contributed by atoms with Crippen molar-refractivity contribution in [1.29, 1.82) is 0 Å². The summed E-state index contributed by atoms with van der Waals surface area (Å²) in [6, 6.07) is 1.93. The Labute approximate surface area is 108 Å². The van der Waals surface area contributed by atoms with Crippen LogP contribution in [-0.4, -0.2) is 48.5 Å². The molecule has 0 bridgehead atoms. The van der Waals surface area contributed by atoms with Gasteiger partial charge in [0, 0.05) is 30.1 Å². The minimum atomic E-state index is 0.178. The number of ether oxygens (including phenoxy) is 1. The molecule has 1 aliphatic heterocycles. The van der Waals surface area contributed by atoms with Crippen LogP contribution in [-0.2, 0) is 4.74 Å². The van der Waals surface area contributed by atoms with E-state index in [4.69, 9.17) is 4.74 Å². The zero-order valence-corrected chi connectivity index (χ0v) is 11.5. The van der Waals surface area contributed by atoms with Crippen molar-refractivity contribution in [3.05, 3.63) is 23.0 Å². The topological polar surface area (TPSA) is 45.3 Å². The lowest BCUT2D eigenvalue weighted by Crippen LogP contribution is -2.33. The van der Waals surface area contributed by atoms with Crippen LogP contribution in [0.4, 0.5) is 0 Å². The van der Waals surface area contributed by atoms with Crippen LogP contribution in [0.5, 0.6) is 0 Å². The maximum absolute atomic E-state index is 12.2. The maximum Gasteiger partial charge on any atom is 0.178 e. The van der Waals surface area contributed by atoms with Gasteiger partial charge in [-0.15, -0.1) is 0 Å². The number of nitrogens with one attached hydrogen (secondary N) is 1. The van der Waals surface area contributed by atoms with Gasteiger partial charge in [0.1, 0.15) is 0 Å². The van der Waals surface area contributed by atoms with Crippen molar-refractivity contribution in [2.75, 3.05) is 26.7 Å². The first-order valence-corrected chi connectivity index (χ1v) is 6.56. The van der Waals surface area contributed by atoms with Gasteiger partial charge in [0.15, 0.2) is 5.78 Å². The van der Waals surface area contributed by atoms with E-state index in [1.807, 2.05) is 27.0 Å². The maximum atomic E-state index is 12.2. The molecular formula is C14H22N2O2. The molecule has 0 aliphatic carbocycles. The number of Topliss-reactive ketones (excluding diaryl/α,β-unsaturated/α-hetero) is 1. The summed E-state index contributed by atoms with van der Waals surface area (Å²) in [5.74, 6) is 0.178. The Hall–Kier alpha value is -1.13. The Balaban J connectivity index is 1.88. The van der Waals surface area contributed by atoms with Gasteiger partial charge in [-0.3, -0.25) is 9.69 Å². The molecule has 0 saturated carbocycles. The van der Waals surface area contributed by atoms with Gasteiger partial charge in [0.25, 0.3) is 0 Å². The molecule has 0 aromatic carbocycles. The fourth-order valence-corrected chi connectivity index (χ4v) is 2.54. The summed E-state index contributed by atoms with van der Waals surface area (Å²) in [7, 11) is 1.98. The minimum Gasteiger partial charge on any atom is -0.377 e. The number of carbonyl (C=O) groups is 1. The molecule has 0 radical (unpaired) electrons. The number of hydrogen-bond donors (Lipinski definition) is 1. The van der Waals surface area contributed by atoms with Crippen LogP contribution < -0.4 is 0 Å². The highest BCUT2D eigenvalue weighted by atomic mass is 16.5. The summed E-state index contributed by atoms with van der Waals surface area (Å²) in [5, 5.41) is 0. The summed E-state index contributed by atoms with van der Waals surface area (Å²) in [6.45, 7) is 6.08. The number of nitrogens with zero attached hydrogens (tertiary/aromatic N) is 1. The van der Waals surface area contributed by atoms with Crippen molar-refractivity contribution in [2.45, 2.75) is 32.8 Å². The number of H-pyrrole nitrogens is 1. The number of carbonyl (C=O) groups excluding carboxylic acids is 1. The van der Waals surface area contributed by atoms with E-state index in [9.17, 15) is 4.79 Å². The number of aromatic amines is 1. The van der Waals surface area contributed by atoms with E-state index in [-0.39, 0.29) is 5.78 Å². The van der Waals surface area contributed by atoms with Crippen molar-refractivity contribution in [2.24, 2.45) is 0 Å². The largest absolute Gasteiger partial charge is 0.377 e. The zero-order valence-electron chi connectivity index (χ0n) is 11.5. The Morgan fingerprint density at radius 2 is 2.33 bits per heavy atom. The van der Waals surface area contributed by atoms with Gasteiger partial charge in [0.2, 0.25) is 0 Å². The molecule has 0 amide bonds. The quantitative estimate of drug-likeness (QED) is 0.812. The summed E-state index contributed by atoms with van der Waals surface area (Å²) >= 11 is 0. The lowest BCUT2D eigenvalue weighted by molar-refractivity contribution is 0.0740. The third-order valence-electron chi connectivity index (χ3n) is 3.40. The second-order valence-electron chi connectivity index (χ2n) is 5.25.